The van der Waals surface area contributed by atoms with E-state index in [0.29, 0.717) is 16.3 Å². The number of rotatable bonds is 3. The van der Waals surface area contributed by atoms with Gasteiger partial charge in [-0.15, -0.1) is 0 Å². The predicted octanol–water partition coefficient (Wildman–Crippen LogP) is 3.97. The molecule has 3 N–H and O–H groups in total. The highest BCUT2D eigenvalue weighted by atomic mass is 35.5. The molecule has 1 unspecified atom stereocenters. The molecule has 0 bridgehead atoms. The number of para-hydroxylation sites is 1. The number of benzene rings is 2. The molecule has 2 aromatic carbocycles. The van der Waals surface area contributed by atoms with E-state index in [1.165, 1.54) is 0 Å². The first-order valence-electron chi connectivity index (χ1n) is 5.92. The van der Waals surface area contributed by atoms with Gasteiger partial charge in [-0.1, -0.05) is 29.8 Å². The van der Waals surface area contributed by atoms with Gasteiger partial charge in [0.1, 0.15) is 6.07 Å². The molecule has 2 rings (SSSR count). The first-order chi connectivity index (χ1) is 9.11. The molecule has 19 heavy (non-hydrogen) atoms. The second-order valence-corrected chi connectivity index (χ2v) is 4.73. The molecular formula is C15H14ClN3. The minimum atomic E-state index is -0.00762. The summed E-state index contributed by atoms with van der Waals surface area (Å²) in [6.07, 6.45) is 0. The van der Waals surface area contributed by atoms with Crippen LogP contribution >= 0.6 is 11.6 Å². The molecule has 0 aliphatic heterocycles. The van der Waals surface area contributed by atoms with Gasteiger partial charge in [0.15, 0.2) is 0 Å². The van der Waals surface area contributed by atoms with Gasteiger partial charge in [-0.3, -0.25) is 0 Å². The number of nitrogens with two attached hydrogens (primary N) is 1. The molecule has 0 spiro atoms. The van der Waals surface area contributed by atoms with Crippen LogP contribution in [0.4, 0.5) is 11.4 Å². The maximum atomic E-state index is 9.09. The summed E-state index contributed by atoms with van der Waals surface area (Å²) in [5.41, 5.74) is 8.94. The number of nitrogen functional groups attached to an aromatic ring is 1. The Morgan fingerprint density at radius 3 is 2.68 bits per heavy atom. The summed E-state index contributed by atoms with van der Waals surface area (Å²) in [6, 6.07) is 14.9. The number of halogens is 1. The normalized spacial score (nSPS) is 11.6. The summed E-state index contributed by atoms with van der Waals surface area (Å²) in [6.45, 7) is 1.99. The number of anilines is 2. The van der Waals surface area contributed by atoms with Crippen molar-refractivity contribution < 1.29 is 0 Å². The summed E-state index contributed by atoms with van der Waals surface area (Å²) in [5.74, 6) is 0. The highest BCUT2D eigenvalue weighted by Crippen LogP contribution is 2.27. The van der Waals surface area contributed by atoms with E-state index in [2.05, 4.69) is 11.4 Å². The van der Waals surface area contributed by atoms with Crippen molar-refractivity contribution in [1.82, 2.24) is 0 Å². The lowest BCUT2D eigenvalue weighted by Gasteiger charge is -2.18. The Hall–Kier alpha value is -2.18. The molecule has 2 aromatic rings. The van der Waals surface area contributed by atoms with E-state index in [4.69, 9.17) is 22.6 Å². The van der Waals surface area contributed by atoms with E-state index >= 15 is 0 Å². The zero-order valence-electron chi connectivity index (χ0n) is 10.5. The van der Waals surface area contributed by atoms with Crippen LogP contribution in [0.5, 0.6) is 0 Å². The van der Waals surface area contributed by atoms with Crippen molar-refractivity contribution in [2.75, 3.05) is 11.1 Å². The van der Waals surface area contributed by atoms with Crippen molar-refractivity contribution in [2.24, 2.45) is 0 Å². The minimum Gasteiger partial charge on any atom is -0.398 e. The van der Waals surface area contributed by atoms with Gasteiger partial charge in [0.2, 0.25) is 0 Å². The van der Waals surface area contributed by atoms with Gasteiger partial charge in [-0.05, 0) is 36.8 Å². The lowest BCUT2D eigenvalue weighted by molar-refractivity contribution is 0.887. The van der Waals surface area contributed by atoms with Crippen LogP contribution in [0.1, 0.15) is 24.1 Å². The molecule has 3 nitrogen and oxygen atoms in total. The fourth-order valence-corrected chi connectivity index (χ4v) is 2.12. The molecule has 0 aliphatic carbocycles. The molecular weight excluding hydrogens is 258 g/mol. The highest BCUT2D eigenvalue weighted by molar-refractivity contribution is 6.30. The summed E-state index contributed by atoms with van der Waals surface area (Å²) in [4.78, 5) is 0. The second-order valence-electron chi connectivity index (χ2n) is 4.30. The van der Waals surface area contributed by atoms with Crippen LogP contribution in [0.2, 0.25) is 5.02 Å². The van der Waals surface area contributed by atoms with Gasteiger partial charge in [0.25, 0.3) is 0 Å². The average Bonchev–Trinajstić information content (AvgIpc) is 2.39. The van der Waals surface area contributed by atoms with Crippen LogP contribution in [-0.2, 0) is 0 Å². The third-order valence-corrected chi connectivity index (χ3v) is 3.17. The zero-order valence-corrected chi connectivity index (χ0v) is 11.3. The Balaban J connectivity index is 2.29. The van der Waals surface area contributed by atoms with Crippen LogP contribution in [0, 0.1) is 11.3 Å². The van der Waals surface area contributed by atoms with Crippen molar-refractivity contribution >= 4 is 23.0 Å². The highest BCUT2D eigenvalue weighted by Gasteiger charge is 2.11. The number of hydrogen-bond acceptors (Lipinski definition) is 3. The lowest BCUT2D eigenvalue weighted by Crippen LogP contribution is -2.10. The lowest BCUT2D eigenvalue weighted by atomic mass is 10.1. The van der Waals surface area contributed by atoms with Gasteiger partial charge in [0, 0.05) is 10.7 Å². The van der Waals surface area contributed by atoms with Gasteiger partial charge in [0.05, 0.1) is 17.3 Å². The third-order valence-electron chi connectivity index (χ3n) is 2.94. The largest absolute Gasteiger partial charge is 0.398 e. The molecule has 0 amide bonds. The van der Waals surface area contributed by atoms with Crippen molar-refractivity contribution in [2.45, 2.75) is 13.0 Å². The summed E-state index contributed by atoms with van der Waals surface area (Å²) < 4.78 is 0. The topological polar surface area (TPSA) is 61.8 Å². The molecule has 0 aromatic heterocycles. The quantitative estimate of drug-likeness (QED) is 0.831. The molecule has 0 saturated carbocycles. The van der Waals surface area contributed by atoms with Crippen LogP contribution in [-0.4, -0.2) is 0 Å². The number of nitrogens with zero attached hydrogens (tertiary/aromatic N) is 1. The number of nitrogens with one attached hydrogen (secondary N) is 1. The van der Waals surface area contributed by atoms with Crippen LogP contribution in [0.15, 0.2) is 42.5 Å². The molecule has 0 radical (unpaired) electrons. The molecule has 0 aliphatic rings. The van der Waals surface area contributed by atoms with Gasteiger partial charge >= 0.3 is 0 Å². The third kappa shape index (κ3) is 2.98. The fraction of sp³-hybridized carbons (Fsp3) is 0.133. The SMILES string of the molecule is CC(Nc1cc(Cl)ccc1C#N)c1ccccc1N. The average molecular weight is 272 g/mol. The summed E-state index contributed by atoms with van der Waals surface area (Å²) in [5, 5.41) is 13.0. The number of nitriles is 1. The Labute approximate surface area is 117 Å². The molecule has 0 saturated heterocycles. The predicted molar refractivity (Wildman–Crippen MR) is 79.1 cm³/mol. The monoisotopic (exact) mass is 271 g/mol. The summed E-state index contributed by atoms with van der Waals surface area (Å²) in [7, 11) is 0. The van der Waals surface area contributed by atoms with Gasteiger partial charge in [-0.25, -0.2) is 0 Å². The first kappa shape index (κ1) is 13.3. The van der Waals surface area contributed by atoms with E-state index in [9.17, 15) is 0 Å². The van der Waals surface area contributed by atoms with Crippen LogP contribution in [0.3, 0.4) is 0 Å². The molecule has 0 fully saturated rings. The second kappa shape index (κ2) is 5.64. The van der Waals surface area contributed by atoms with Crippen LogP contribution < -0.4 is 11.1 Å². The van der Waals surface area contributed by atoms with Crippen molar-refractivity contribution in [1.29, 1.82) is 5.26 Å². The molecule has 4 heteroatoms. The standard InChI is InChI=1S/C15H14ClN3/c1-10(13-4-2-3-5-14(13)18)19-15-8-12(16)7-6-11(15)9-17/h2-8,10,19H,18H2,1H3. The van der Waals surface area contributed by atoms with Crippen molar-refractivity contribution in [3.05, 3.63) is 58.6 Å². The Kier molecular flexibility index (Phi) is 3.94. The smallest absolute Gasteiger partial charge is 0.101 e. The zero-order chi connectivity index (χ0) is 13.8. The molecule has 96 valence electrons. The Bertz CT molecular complexity index is 632. The van der Waals surface area contributed by atoms with Crippen molar-refractivity contribution in [3.63, 3.8) is 0 Å². The minimum absolute atomic E-state index is 0.00762. The van der Waals surface area contributed by atoms with Gasteiger partial charge < -0.3 is 11.1 Å². The molecule has 0 heterocycles. The van der Waals surface area contributed by atoms with Gasteiger partial charge in [-0.2, -0.15) is 5.26 Å². The van der Waals surface area contributed by atoms with E-state index in [1.54, 1.807) is 18.2 Å². The van der Waals surface area contributed by atoms with E-state index in [-0.39, 0.29) is 6.04 Å². The van der Waals surface area contributed by atoms with E-state index < -0.39 is 0 Å². The van der Waals surface area contributed by atoms with E-state index in [0.717, 1.165) is 11.3 Å². The maximum Gasteiger partial charge on any atom is 0.101 e. The Morgan fingerprint density at radius 2 is 2.00 bits per heavy atom. The Morgan fingerprint density at radius 1 is 1.26 bits per heavy atom. The van der Waals surface area contributed by atoms with Crippen molar-refractivity contribution in [3.8, 4) is 6.07 Å². The maximum absolute atomic E-state index is 9.09. The molecule has 1 atom stereocenters. The fourth-order valence-electron chi connectivity index (χ4n) is 1.95. The number of hydrogen-bond donors (Lipinski definition) is 2. The first-order valence-corrected chi connectivity index (χ1v) is 6.30. The van der Waals surface area contributed by atoms with E-state index in [1.807, 2.05) is 31.2 Å². The van der Waals surface area contributed by atoms with Crippen LogP contribution in [0.25, 0.3) is 0 Å². The summed E-state index contributed by atoms with van der Waals surface area (Å²) >= 11 is 5.96.